The van der Waals surface area contributed by atoms with Gasteiger partial charge in [0.15, 0.2) is 0 Å². The van der Waals surface area contributed by atoms with Gasteiger partial charge in [0.25, 0.3) is 10.0 Å². The number of sulfonamides is 1. The number of halogens is 2. The Balaban J connectivity index is 1.85. The molecule has 3 rings (SSSR count). The Morgan fingerprint density at radius 2 is 1.88 bits per heavy atom. The molecule has 1 aromatic heterocycles. The van der Waals surface area contributed by atoms with Crippen molar-refractivity contribution in [3.8, 4) is 11.1 Å². The summed E-state index contributed by atoms with van der Waals surface area (Å²) in [5, 5.41) is 0.331. The van der Waals surface area contributed by atoms with Crippen molar-refractivity contribution in [1.82, 2.24) is 4.98 Å². The van der Waals surface area contributed by atoms with Crippen LogP contribution >= 0.6 is 11.6 Å². The third kappa shape index (κ3) is 3.97. The van der Waals surface area contributed by atoms with Crippen LogP contribution in [0, 0.1) is 12.7 Å². The molecule has 0 spiro atoms. The zero-order valence-corrected chi connectivity index (χ0v) is 14.8. The molecule has 0 atom stereocenters. The number of pyridine rings is 1. The van der Waals surface area contributed by atoms with Gasteiger partial charge in [-0.3, -0.25) is 4.72 Å². The highest BCUT2D eigenvalue weighted by Crippen LogP contribution is 2.25. The number of aryl methyl sites for hydroxylation is 1. The van der Waals surface area contributed by atoms with Gasteiger partial charge in [-0.05, 0) is 60.5 Å². The molecule has 1 N–H and O–H groups in total. The number of hydrogen-bond donors (Lipinski definition) is 1. The lowest BCUT2D eigenvalue weighted by atomic mass is 10.0. The number of hydrogen-bond acceptors (Lipinski definition) is 3. The smallest absolute Gasteiger partial charge is 0.263 e. The Morgan fingerprint density at radius 3 is 2.52 bits per heavy atom. The Hall–Kier alpha value is -2.44. The molecule has 25 heavy (non-hydrogen) atoms. The van der Waals surface area contributed by atoms with E-state index < -0.39 is 10.0 Å². The van der Waals surface area contributed by atoms with Gasteiger partial charge in [0.2, 0.25) is 0 Å². The second kappa shape index (κ2) is 6.82. The average molecular weight is 377 g/mol. The summed E-state index contributed by atoms with van der Waals surface area (Å²) in [7, 11) is -3.77. The van der Waals surface area contributed by atoms with Crippen LogP contribution in [0.1, 0.15) is 5.56 Å². The second-order valence-electron chi connectivity index (χ2n) is 5.45. The predicted octanol–water partition coefficient (Wildman–Crippen LogP) is 4.65. The van der Waals surface area contributed by atoms with E-state index in [4.69, 9.17) is 11.6 Å². The Bertz CT molecular complexity index is 1020. The van der Waals surface area contributed by atoms with Crippen molar-refractivity contribution in [2.45, 2.75) is 11.8 Å². The first kappa shape index (κ1) is 17.4. The quantitative estimate of drug-likeness (QED) is 0.721. The first-order valence-corrected chi connectivity index (χ1v) is 9.22. The fraction of sp³-hybridized carbons (Fsp3) is 0.0556. The Kier molecular flexibility index (Phi) is 4.74. The zero-order chi connectivity index (χ0) is 18.0. The van der Waals surface area contributed by atoms with Crippen LogP contribution in [0.2, 0.25) is 5.02 Å². The predicted molar refractivity (Wildman–Crippen MR) is 96.6 cm³/mol. The van der Waals surface area contributed by atoms with Crippen molar-refractivity contribution in [1.29, 1.82) is 0 Å². The monoisotopic (exact) mass is 376 g/mol. The summed E-state index contributed by atoms with van der Waals surface area (Å²) in [5.74, 6) is -0.122. The van der Waals surface area contributed by atoms with Crippen LogP contribution in [0.4, 0.5) is 10.2 Å². The highest BCUT2D eigenvalue weighted by molar-refractivity contribution is 7.92. The molecule has 0 saturated heterocycles. The van der Waals surface area contributed by atoms with Gasteiger partial charge in [-0.1, -0.05) is 23.7 Å². The second-order valence-corrected chi connectivity index (χ2v) is 7.57. The zero-order valence-electron chi connectivity index (χ0n) is 13.2. The Morgan fingerprint density at radius 1 is 1.08 bits per heavy atom. The number of rotatable bonds is 4. The molecule has 4 nitrogen and oxygen atoms in total. The third-order valence-electron chi connectivity index (χ3n) is 3.61. The summed E-state index contributed by atoms with van der Waals surface area (Å²) < 4.78 is 40.3. The van der Waals surface area contributed by atoms with Crippen LogP contribution in [0.5, 0.6) is 0 Å². The summed E-state index contributed by atoms with van der Waals surface area (Å²) in [4.78, 5) is 4.19. The van der Waals surface area contributed by atoms with Gasteiger partial charge in [-0.15, -0.1) is 0 Å². The maximum atomic E-state index is 13.2. The van der Waals surface area contributed by atoms with Crippen LogP contribution in [0.25, 0.3) is 11.1 Å². The van der Waals surface area contributed by atoms with Crippen LogP contribution in [0.15, 0.2) is 65.7 Å². The molecule has 0 aliphatic carbocycles. The van der Waals surface area contributed by atoms with E-state index in [1.165, 1.54) is 30.5 Å². The lowest BCUT2D eigenvalue weighted by molar-refractivity contribution is 0.601. The lowest BCUT2D eigenvalue weighted by Crippen LogP contribution is -2.13. The molecule has 128 valence electrons. The van der Waals surface area contributed by atoms with Crippen molar-refractivity contribution in [3.05, 3.63) is 77.2 Å². The van der Waals surface area contributed by atoms with Gasteiger partial charge in [0.05, 0.1) is 4.90 Å². The SMILES string of the molecule is Cc1cc(F)ccc1-c1ccc(NS(=O)(=O)c2cccc(Cl)c2)nc1. The minimum Gasteiger partial charge on any atom is -0.263 e. The molecular weight excluding hydrogens is 363 g/mol. The fourth-order valence-corrected chi connectivity index (χ4v) is 3.70. The summed E-state index contributed by atoms with van der Waals surface area (Å²) in [6.45, 7) is 1.80. The Labute approximate surface area is 150 Å². The van der Waals surface area contributed by atoms with E-state index in [1.54, 1.807) is 37.3 Å². The maximum Gasteiger partial charge on any atom is 0.263 e. The van der Waals surface area contributed by atoms with Crippen molar-refractivity contribution < 1.29 is 12.8 Å². The van der Waals surface area contributed by atoms with E-state index in [0.717, 1.165) is 16.7 Å². The van der Waals surface area contributed by atoms with Crippen LogP contribution in [0.3, 0.4) is 0 Å². The van der Waals surface area contributed by atoms with E-state index in [2.05, 4.69) is 9.71 Å². The summed E-state index contributed by atoms with van der Waals surface area (Å²) in [5.41, 5.74) is 2.37. The van der Waals surface area contributed by atoms with Crippen molar-refractivity contribution in [2.75, 3.05) is 4.72 Å². The van der Waals surface area contributed by atoms with E-state index >= 15 is 0 Å². The van der Waals surface area contributed by atoms with Crippen molar-refractivity contribution >= 4 is 27.4 Å². The lowest BCUT2D eigenvalue weighted by Gasteiger charge is -2.09. The summed E-state index contributed by atoms with van der Waals surface area (Å²) >= 11 is 5.83. The van der Waals surface area contributed by atoms with Crippen molar-refractivity contribution in [3.63, 3.8) is 0 Å². The number of anilines is 1. The molecule has 0 fully saturated rings. The molecule has 0 aliphatic rings. The van der Waals surface area contributed by atoms with Crippen molar-refractivity contribution in [2.24, 2.45) is 0 Å². The minimum atomic E-state index is -3.77. The van der Waals surface area contributed by atoms with E-state index in [9.17, 15) is 12.8 Å². The fourth-order valence-electron chi connectivity index (χ4n) is 2.40. The van der Waals surface area contributed by atoms with Gasteiger partial charge in [0.1, 0.15) is 11.6 Å². The number of nitrogens with zero attached hydrogens (tertiary/aromatic N) is 1. The van der Waals surface area contributed by atoms with Gasteiger partial charge < -0.3 is 0 Å². The van der Waals surface area contributed by atoms with Crippen LogP contribution in [-0.2, 0) is 10.0 Å². The molecule has 0 saturated carbocycles. The number of nitrogens with one attached hydrogen (secondary N) is 1. The molecule has 0 radical (unpaired) electrons. The molecular formula is C18H14ClFN2O2S. The first-order chi connectivity index (χ1) is 11.8. The van der Waals surface area contributed by atoms with Gasteiger partial charge in [0, 0.05) is 16.8 Å². The summed E-state index contributed by atoms with van der Waals surface area (Å²) in [6, 6.07) is 13.7. The van der Waals surface area contributed by atoms with E-state index in [0.29, 0.717) is 5.02 Å². The van der Waals surface area contributed by atoms with Gasteiger partial charge in [-0.25, -0.2) is 17.8 Å². The summed E-state index contributed by atoms with van der Waals surface area (Å²) in [6.07, 6.45) is 1.54. The largest absolute Gasteiger partial charge is 0.263 e. The number of aromatic nitrogens is 1. The molecule has 2 aromatic carbocycles. The topological polar surface area (TPSA) is 59.1 Å². The van der Waals surface area contributed by atoms with Gasteiger partial charge in [-0.2, -0.15) is 0 Å². The molecule has 0 amide bonds. The normalized spacial score (nSPS) is 11.3. The number of benzene rings is 2. The molecule has 0 aliphatic heterocycles. The van der Waals surface area contributed by atoms with E-state index in [-0.39, 0.29) is 16.5 Å². The molecule has 1 heterocycles. The molecule has 0 bridgehead atoms. The van der Waals surface area contributed by atoms with Gasteiger partial charge >= 0.3 is 0 Å². The molecule has 7 heteroatoms. The molecule has 3 aromatic rings. The molecule has 0 unspecified atom stereocenters. The first-order valence-electron chi connectivity index (χ1n) is 7.36. The highest BCUT2D eigenvalue weighted by atomic mass is 35.5. The van der Waals surface area contributed by atoms with E-state index in [1.807, 2.05) is 0 Å². The minimum absolute atomic E-state index is 0.0558. The average Bonchev–Trinajstić information content (AvgIpc) is 2.56. The highest BCUT2D eigenvalue weighted by Gasteiger charge is 2.15. The van der Waals surface area contributed by atoms with Crippen LogP contribution < -0.4 is 4.72 Å². The standard InChI is InChI=1S/C18H14ClFN2O2S/c1-12-9-15(20)6-7-17(12)13-5-8-18(21-11-13)22-25(23,24)16-4-2-3-14(19)10-16/h2-11H,1H3,(H,21,22). The van der Waals surface area contributed by atoms with Crippen LogP contribution in [-0.4, -0.2) is 13.4 Å². The third-order valence-corrected chi connectivity index (χ3v) is 5.20. The maximum absolute atomic E-state index is 13.2.